The SMILES string of the molecule is Cc1cc(-n2cnc(Cn3ccnc3C)c2)ccc1Cl.Cl.Cl. The molecule has 0 bridgehead atoms. The van der Waals surface area contributed by atoms with Gasteiger partial charge in [0.05, 0.1) is 18.6 Å². The minimum absolute atomic E-state index is 0. The summed E-state index contributed by atoms with van der Waals surface area (Å²) in [6.45, 7) is 4.71. The van der Waals surface area contributed by atoms with E-state index in [1.807, 2.05) is 49.3 Å². The molecule has 2 heterocycles. The molecule has 118 valence electrons. The van der Waals surface area contributed by atoms with Gasteiger partial charge in [-0.1, -0.05) is 11.6 Å². The molecule has 0 N–H and O–H groups in total. The third-order valence-corrected chi connectivity index (χ3v) is 3.76. The van der Waals surface area contributed by atoms with Gasteiger partial charge in [-0.3, -0.25) is 0 Å². The maximum Gasteiger partial charge on any atom is 0.105 e. The van der Waals surface area contributed by atoms with Crippen molar-refractivity contribution in [3.8, 4) is 5.69 Å². The standard InChI is InChI=1S/C15H15ClN4.2ClH/c1-11-7-14(3-4-15(11)16)20-9-13(18-10-20)8-19-6-5-17-12(19)2;;/h3-7,9-10H,8H2,1-2H3;2*1H. The van der Waals surface area contributed by atoms with Gasteiger partial charge < -0.3 is 9.13 Å². The second-order valence-electron chi connectivity index (χ2n) is 4.81. The van der Waals surface area contributed by atoms with E-state index in [4.69, 9.17) is 11.6 Å². The normalized spacial score (nSPS) is 9.95. The van der Waals surface area contributed by atoms with E-state index < -0.39 is 0 Å². The van der Waals surface area contributed by atoms with E-state index in [2.05, 4.69) is 20.6 Å². The maximum absolute atomic E-state index is 6.05. The second-order valence-corrected chi connectivity index (χ2v) is 5.22. The van der Waals surface area contributed by atoms with Gasteiger partial charge in [-0.25, -0.2) is 9.97 Å². The summed E-state index contributed by atoms with van der Waals surface area (Å²) in [5.74, 6) is 0.988. The van der Waals surface area contributed by atoms with Crippen LogP contribution in [0.15, 0.2) is 43.1 Å². The van der Waals surface area contributed by atoms with Crippen LogP contribution in [0.1, 0.15) is 17.1 Å². The van der Waals surface area contributed by atoms with E-state index in [1.54, 1.807) is 6.20 Å². The fourth-order valence-electron chi connectivity index (χ4n) is 2.12. The van der Waals surface area contributed by atoms with E-state index in [9.17, 15) is 0 Å². The predicted molar refractivity (Wildman–Crippen MR) is 93.9 cm³/mol. The van der Waals surface area contributed by atoms with E-state index in [-0.39, 0.29) is 24.8 Å². The van der Waals surface area contributed by atoms with Crippen molar-refractivity contribution in [1.29, 1.82) is 0 Å². The molecular formula is C15H17Cl3N4. The summed E-state index contributed by atoms with van der Waals surface area (Å²) in [5, 5.41) is 0.781. The second kappa shape index (κ2) is 7.68. The number of aryl methyl sites for hydroxylation is 2. The zero-order valence-corrected chi connectivity index (χ0v) is 14.6. The summed E-state index contributed by atoms with van der Waals surface area (Å²) >= 11 is 6.05. The van der Waals surface area contributed by atoms with E-state index >= 15 is 0 Å². The Bertz CT molecular complexity index is 749. The van der Waals surface area contributed by atoms with Crippen LogP contribution in [-0.2, 0) is 6.54 Å². The number of halogens is 3. The molecule has 4 nitrogen and oxygen atoms in total. The molecule has 0 aliphatic heterocycles. The Hall–Kier alpha value is -1.49. The number of nitrogens with zero attached hydrogens (tertiary/aromatic N) is 4. The number of hydrogen-bond acceptors (Lipinski definition) is 2. The van der Waals surface area contributed by atoms with Crippen LogP contribution in [0.2, 0.25) is 5.02 Å². The third kappa shape index (κ3) is 3.83. The number of hydrogen-bond donors (Lipinski definition) is 0. The molecule has 0 aliphatic carbocycles. The average Bonchev–Trinajstić information content (AvgIpc) is 3.04. The molecule has 7 heteroatoms. The molecular weight excluding hydrogens is 343 g/mol. The predicted octanol–water partition coefficient (Wildman–Crippen LogP) is 4.23. The van der Waals surface area contributed by atoms with Crippen molar-refractivity contribution < 1.29 is 0 Å². The molecule has 22 heavy (non-hydrogen) atoms. The van der Waals surface area contributed by atoms with Crippen LogP contribution in [0.3, 0.4) is 0 Å². The molecule has 0 amide bonds. The van der Waals surface area contributed by atoms with E-state index in [0.717, 1.165) is 34.3 Å². The van der Waals surface area contributed by atoms with Crippen LogP contribution in [0.4, 0.5) is 0 Å². The summed E-state index contributed by atoms with van der Waals surface area (Å²) < 4.78 is 4.07. The Kier molecular flexibility index (Phi) is 6.48. The molecule has 2 aromatic heterocycles. The minimum Gasteiger partial charge on any atom is -0.329 e. The summed E-state index contributed by atoms with van der Waals surface area (Å²) in [7, 11) is 0. The Morgan fingerprint density at radius 3 is 2.55 bits per heavy atom. The first kappa shape index (κ1) is 18.6. The largest absolute Gasteiger partial charge is 0.329 e. The van der Waals surface area contributed by atoms with Crippen molar-refractivity contribution in [3.05, 3.63) is 65.2 Å². The molecule has 3 aromatic rings. The Morgan fingerprint density at radius 2 is 1.91 bits per heavy atom. The van der Waals surface area contributed by atoms with Gasteiger partial charge in [0.2, 0.25) is 0 Å². The van der Waals surface area contributed by atoms with Crippen molar-refractivity contribution in [3.63, 3.8) is 0 Å². The minimum atomic E-state index is 0. The number of imidazole rings is 2. The van der Waals surface area contributed by atoms with Crippen LogP contribution in [0, 0.1) is 13.8 Å². The lowest BCUT2D eigenvalue weighted by atomic mass is 10.2. The van der Waals surface area contributed by atoms with Gasteiger partial charge >= 0.3 is 0 Å². The van der Waals surface area contributed by atoms with Gasteiger partial charge in [-0.2, -0.15) is 0 Å². The highest BCUT2D eigenvalue weighted by Gasteiger charge is 2.05. The first-order chi connectivity index (χ1) is 9.63. The first-order valence-electron chi connectivity index (χ1n) is 6.40. The Morgan fingerprint density at radius 1 is 1.14 bits per heavy atom. The topological polar surface area (TPSA) is 35.6 Å². The zero-order chi connectivity index (χ0) is 14.1. The third-order valence-electron chi connectivity index (χ3n) is 3.33. The van der Waals surface area contributed by atoms with Crippen LogP contribution >= 0.6 is 36.4 Å². The number of benzene rings is 1. The fourth-order valence-corrected chi connectivity index (χ4v) is 2.24. The lowest BCUT2D eigenvalue weighted by Crippen LogP contribution is -2.00. The van der Waals surface area contributed by atoms with Crippen LogP contribution in [-0.4, -0.2) is 19.1 Å². The lowest BCUT2D eigenvalue weighted by molar-refractivity contribution is 0.746. The van der Waals surface area contributed by atoms with Gasteiger partial charge in [0.15, 0.2) is 0 Å². The molecule has 0 radical (unpaired) electrons. The molecule has 0 saturated heterocycles. The highest BCUT2D eigenvalue weighted by Crippen LogP contribution is 2.19. The highest BCUT2D eigenvalue weighted by molar-refractivity contribution is 6.31. The number of aromatic nitrogens is 4. The van der Waals surface area contributed by atoms with Gasteiger partial charge in [0.1, 0.15) is 5.82 Å². The summed E-state index contributed by atoms with van der Waals surface area (Å²) in [6, 6.07) is 5.95. The summed E-state index contributed by atoms with van der Waals surface area (Å²) in [4.78, 5) is 8.65. The van der Waals surface area contributed by atoms with Gasteiger partial charge in [-0.05, 0) is 37.6 Å². The monoisotopic (exact) mass is 358 g/mol. The maximum atomic E-state index is 6.05. The molecule has 0 saturated carbocycles. The molecule has 1 aromatic carbocycles. The van der Waals surface area contributed by atoms with Crippen molar-refractivity contribution >= 4 is 36.4 Å². The quantitative estimate of drug-likeness (QED) is 0.701. The molecule has 0 spiro atoms. The lowest BCUT2D eigenvalue weighted by Gasteiger charge is -2.04. The summed E-state index contributed by atoms with van der Waals surface area (Å²) in [6.07, 6.45) is 7.61. The van der Waals surface area contributed by atoms with Crippen LogP contribution in [0.25, 0.3) is 5.69 Å². The van der Waals surface area contributed by atoms with E-state index in [0.29, 0.717) is 0 Å². The van der Waals surface area contributed by atoms with Gasteiger partial charge in [-0.15, -0.1) is 24.8 Å². The van der Waals surface area contributed by atoms with Gasteiger partial charge in [0, 0.05) is 29.3 Å². The molecule has 0 unspecified atom stereocenters. The Balaban J connectivity index is 0.00000121. The van der Waals surface area contributed by atoms with Gasteiger partial charge in [0.25, 0.3) is 0 Å². The van der Waals surface area contributed by atoms with Crippen molar-refractivity contribution in [2.24, 2.45) is 0 Å². The number of rotatable bonds is 3. The molecule has 0 fully saturated rings. The fraction of sp³-hybridized carbons (Fsp3) is 0.200. The van der Waals surface area contributed by atoms with Crippen LogP contribution in [0.5, 0.6) is 0 Å². The molecule has 0 aliphatic rings. The van der Waals surface area contributed by atoms with Crippen LogP contribution < -0.4 is 0 Å². The summed E-state index contributed by atoms with van der Waals surface area (Å²) in [5.41, 5.74) is 3.12. The molecule has 0 atom stereocenters. The highest BCUT2D eigenvalue weighted by atomic mass is 35.5. The Labute approximate surface area is 147 Å². The molecule has 3 rings (SSSR count). The van der Waals surface area contributed by atoms with E-state index in [1.165, 1.54) is 0 Å². The van der Waals surface area contributed by atoms with Crippen molar-refractivity contribution in [2.75, 3.05) is 0 Å². The smallest absolute Gasteiger partial charge is 0.105 e. The first-order valence-corrected chi connectivity index (χ1v) is 6.78. The van der Waals surface area contributed by atoms with Crippen molar-refractivity contribution in [1.82, 2.24) is 19.1 Å². The van der Waals surface area contributed by atoms with Crippen molar-refractivity contribution in [2.45, 2.75) is 20.4 Å². The average molecular weight is 360 g/mol. The zero-order valence-electron chi connectivity index (χ0n) is 12.2.